The van der Waals surface area contributed by atoms with E-state index in [2.05, 4.69) is 0 Å². The van der Waals surface area contributed by atoms with Crippen molar-refractivity contribution in [3.05, 3.63) is 87.4 Å². The van der Waals surface area contributed by atoms with Crippen LogP contribution in [0.3, 0.4) is 0 Å². The van der Waals surface area contributed by atoms with E-state index in [-0.39, 0.29) is 29.4 Å². The Balaban J connectivity index is 2.03. The Labute approximate surface area is 159 Å². The van der Waals surface area contributed by atoms with Gasteiger partial charge in [-0.25, -0.2) is 14.0 Å². The SMILES string of the molecule is CCOC(=O)C1=C(N)Oc2c(c(=O)oc3ccccc23)[C@H]1c1ccc(F)cc1. The first-order valence-electron chi connectivity index (χ1n) is 8.67. The molecule has 2 N–H and O–H groups in total. The first kappa shape index (κ1) is 17.8. The third-order valence-corrected chi connectivity index (χ3v) is 4.55. The van der Waals surface area contributed by atoms with Crippen molar-refractivity contribution in [3.63, 3.8) is 0 Å². The summed E-state index contributed by atoms with van der Waals surface area (Å²) in [6.45, 7) is 1.77. The number of fused-ring (bicyclic) bond motifs is 3. The van der Waals surface area contributed by atoms with Crippen LogP contribution in [0.5, 0.6) is 5.75 Å². The Bertz CT molecular complexity index is 1160. The van der Waals surface area contributed by atoms with E-state index in [9.17, 15) is 14.0 Å². The molecule has 1 aliphatic rings. The van der Waals surface area contributed by atoms with E-state index in [4.69, 9.17) is 19.6 Å². The number of esters is 1. The van der Waals surface area contributed by atoms with Gasteiger partial charge in [-0.3, -0.25) is 0 Å². The molecule has 0 fully saturated rings. The van der Waals surface area contributed by atoms with Gasteiger partial charge in [0.25, 0.3) is 0 Å². The summed E-state index contributed by atoms with van der Waals surface area (Å²) in [6, 6.07) is 12.3. The van der Waals surface area contributed by atoms with Gasteiger partial charge in [-0.2, -0.15) is 0 Å². The molecule has 0 saturated heterocycles. The number of carbonyl (C=O) groups excluding carboxylic acids is 1. The molecular formula is C21H16FNO5. The first-order chi connectivity index (χ1) is 13.5. The summed E-state index contributed by atoms with van der Waals surface area (Å²) in [5.41, 5.74) is 6.31. The molecular weight excluding hydrogens is 365 g/mol. The lowest BCUT2D eigenvalue weighted by Gasteiger charge is -2.27. The summed E-state index contributed by atoms with van der Waals surface area (Å²) < 4.78 is 29.7. The molecule has 2 aromatic carbocycles. The van der Waals surface area contributed by atoms with Gasteiger partial charge in [-0.05, 0) is 36.8 Å². The molecule has 0 amide bonds. The summed E-state index contributed by atoms with van der Waals surface area (Å²) in [5.74, 6) is -2.03. The van der Waals surface area contributed by atoms with Gasteiger partial charge in [0.15, 0.2) is 5.75 Å². The number of benzene rings is 2. The van der Waals surface area contributed by atoms with Crippen molar-refractivity contribution in [2.45, 2.75) is 12.8 Å². The van der Waals surface area contributed by atoms with Crippen molar-refractivity contribution in [1.29, 1.82) is 0 Å². The third kappa shape index (κ3) is 2.81. The van der Waals surface area contributed by atoms with Crippen molar-refractivity contribution >= 4 is 16.9 Å². The lowest BCUT2D eigenvalue weighted by molar-refractivity contribution is -0.139. The molecule has 7 heteroatoms. The Morgan fingerprint density at radius 3 is 2.61 bits per heavy atom. The number of ether oxygens (including phenoxy) is 2. The van der Waals surface area contributed by atoms with Crippen LogP contribution in [0, 0.1) is 5.82 Å². The molecule has 0 aliphatic carbocycles. The summed E-state index contributed by atoms with van der Waals surface area (Å²) in [7, 11) is 0. The Kier molecular flexibility index (Phi) is 4.35. The van der Waals surface area contributed by atoms with Crippen molar-refractivity contribution in [1.82, 2.24) is 0 Å². The smallest absolute Gasteiger partial charge is 0.344 e. The fourth-order valence-electron chi connectivity index (χ4n) is 3.36. The van der Waals surface area contributed by atoms with Crippen LogP contribution < -0.4 is 16.1 Å². The van der Waals surface area contributed by atoms with Gasteiger partial charge in [-0.1, -0.05) is 24.3 Å². The van der Waals surface area contributed by atoms with Crippen molar-refractivity contribution in [3.8, 4) is 5.75 Å². The maximum absolute atomic E-state index is 13.5. The molecule has 6 nitrogen and oxygen atoms in total. The van der Waals surface area contributed by atoms with E-state index in [0.29, 0.717) is 16.5 Å². The highest BCUT2D eigenvalue weighted by Crippen LogP contribution is 2.43. The number of nitrogens with two attached hydrogens (primary N) is 1. The third-order valence-electron chi connectivity index (χ3n) is 4.55. The average Bonchev–Trinajstić information content (AvgIpc) is 2.68. The first-order valence-corrected chi connectivity index (χ1v) is 8.67. The molecule has 2 heterocycles. The number of para-hydroxylation sites is 1. The van der Waals surface area contributed by atoms with Crippen LogP contribution >= 0.6 is 0 Å². The van der Waals surface area contributed by atoms with Crippen LogP contribution in [0.2, 0.25) is 0 Å². The highest BCUT2D eigenvalue weighted by atomic mass is 19.1. The Hall–Kier alpha value is -3.61. The van der Waals surface area contributed by atoms with Gasteiger partial charge >= 0.3 is 11.6 Å². The van der Waals surface area contributed by atoms with E-state index in [1.54, 1.807) is 31.2 Å². The number of hydrogen-bond acceptors (Lipinski definition) is 6. The second kappa shape index (κ2) is 6.84. The van der Waals surface area contributed by atoms with Crippen LogP contribution in [0.25, 0.3) is 11.0 Å². The average molecular weight is 381 g/mol. The maximum atomic E-state index is 13.5. The van der Waals surface area contributed by atoms with Crippen molar-refractivity contribution < 1.29 is 23.1 Å². The predicted octanol–water partition coefficient (Wildman–Crippen LogP) is 3.19. The fourth-order valence-corrected chi connectivity index (χ4v) is 3.36. The number of rotatable bonds is 3. The quantitative estimate of drug-likeness (QED) is 0.553. The molecule has 0 unspecified atom stereocenters. The van der Waals surface area contributed by atoms with Crippen LogP contribution in [0.1, 0.15) is 24.0 Å². The van der Waals surface area contributed by atoms with E-state index in [1.165, 1.54) is 24.3 Å². The summed E-state index contributed by atoms with van der Waals surface area (Å²) in [4.78, 5) is 25.4. The normalized spacial score (nSPS) is 15.9. The van der Waals surface area contributed by atoms with Gasteiger partial charge in [0.2, 0.25) is 5.88 Å². The monoisotopic (exact) mass is 381 g/mol. The van der Waals surface area contributed by atoms with Gasteiger partial charge in [-0.15, -0.1) is 0 Å². The summed E-state index contributed by atoms with van der Waals surface area (Å²) in [5, 5.41) is 0.537. The van der Waals surface area contributed by atoms with Crippen LogP contribution in [-0.2, 0) is 9.53 Å². The topological polar surface area (TPSA) is 91.8 Å². The molecule has 4 rings (SSSR count). The molecule has 0 spiro atoms. The Morgan fingerprint density at radius 1 is 1.18 bits per heavy atom. The summed E-state index contributed by atoms with van der Waals surface area (Å²) >= 11 is 0. The van der Waals surface area contributed by atoms with E-state index in [1.807, 2.05) is 0 Å². The van der Waals surface area contributed by atoms with Gasteiger partial charge < -0.3 is 19.6 Å². The highest BCUT2D eigenvalue weighted by molar-refractivity contribution is 5.94. The minimum absolute atomic E-state index is 0.0245. The molecule has 1 aromatic heterocycles. The fraction of sp³-hybridized carbons (Fsp3) is 0.143. The van der Waals surface area contributed by atoms with E-state index in [0.717, 1.165) is 0 Å². The molecule has 1 aliphatic heterocycles. The molecule has 1 atom stereocenters. The number of hydrogen-bond donors (Lipinski definition) is 1. The molecule has 0 bridgehead atoms. The Morgan fingerprint density at radius 2 is 1.89 bits per heavy atom. The van der Waals surface area contributed by atoms with E-state index < -0.39 is 23.3 Å². The highest BCUT2D eigenvalue weighted by Gasteiger charge is 2.39. The lowest BCUT2D eigenvalue weighted by atomic mass is 9.83. The molecule has 0 saturated carbocycles. The van der Waals surface area contributed by atoms with Crippen LogP contribution in [0.4, 0.5) is 4.39 Å². The zero-order valence-corrected chi connectivity index (χ0v) is 14.9. The minimum atomic E-state index is -0.913. The molecule has 142 valence electrons. The molecule has 28 heavy (non-hydrogen) atoms. The van der Waals surface area contributed by atoms with Crippen LogP contribution in [-0.4, -0.2) is 12.6 Å². The van der Waals surface area contributed by atoms with Gasteiger partial charge in [0.05, 0.1) is 23.5 Å². The van der Waals surface area contributed by atoms with E-state index >= 15 is 0 Å². The summed E-state index contributed by atoms with van der Waals surface area (Å²) in [6.07, 6.45) is 0. The maximum Gasteiger partial charge on any atom is 0.344 e. The standard InChI is InChI=1S/C21H16FNO5/c1-2-26-20(24)17-15(11-7-9-12(22)10-8-11)16-18(28-19(17)23)13-5-3-4-6-14(13)27-21(16)25/h3-10,15H,2,23H2,1H3/t15-/m1/s1. The second-order valence-electron chi connectivity index (χ2n) is 6.21. The molecule has 3 aromatic rings. The van der Waals surface area contributed by atoms with Crippen molar-refractivity contribution in [2.24, 2.45) is 5.73 Å². The minimum Gasteiger partial charge on any atom is -0.462 e. The second-order valence-corrected chi connectivity index (χ2v) is 6.21. The molecule has 0 radical (unpaired) electrons. The lowest BCUT2D eigenvalue weighted by Crippen LogP contribution is -2.31. The van der Waals surface area contributed by atoms with Crippen LogP contribution in [0.15, 0.2) is 69.2 Å². The number of carbonyl (C=O) groups is 1. The zero-order valence-electron chi connectivity index (χ0n) is 14.9. The zero-order chi connectivity index (χ0) is 19.8. The largest absolute Gasteiger partial charge is 0.462 e. The number of halogens is 1. The van der Waals surface area contributed by atoms with Crippen molar-refractivity contribution in [2.75, 3.05) is 6.61 Å². The van der Waals surface area contributed by atoms with Gasteiger partial charge in [0.1, 0.15) is 17.0 Å². The van der Waals surface area contributed by atoms with Gasteiger partial charge in [0, 0.05) is 0 Å². The predicted molar refractivity (Wildman–Crippen MR) is 99.2 cm³/mol.